The number of likely N-dealkylation sites (tertiary alicyclic amines) is 2. The van der Waals surface area contributed by atoms with Crippen LogP contribution in [0.25, 0.3) is 0 Å². The van der Waals surface area contributed by atoms with E-state index in [1.54, 1.807) is 12.1 Å². The Morgan fingerprint density at radius 1 is 1.07 bits per heavy atom. The van der Waals surface area contributed by atoms with Gasteiger partial charge in [-0.2, -0.15) is 0 Å². The third-order valence-corrected chi connectivity index (χ3v) is 6.86. The van der Waals surface area contributed by atoms with Crippen molar-refractivity contribution in [1.29, 1.82) is 0 Å². The first-order valence-corrected chi connectivity index (χ1v) is 10.4. The summed E-state index contributed by atoms with van der Waals surface area (Å²) >= 11 is 0. The molecule has 1 spiro atoms. The number of carbonyl (C=O) groups excluding carboxylic acids is 1. The van der Waals surface area contributed by atoms with Crippen molar-refractivity contribution in [2.24, 2.45) is 5.41 Å². The number of amides is 1. The van der Waals surface area contributed by atoms with Crippen molar-refractivity contribution in [3.63, 3.8) is 0 Å². The Kier molecular flexibility index (Phi) is 5.22. The van der Waals surface area contributed by atoms with Crippen molar-refractivity contribution in [1.82, 2.24) is 9.80 Å². The lowest BCUT2D eigenvalue weighted by atomic mass is 9.77. The number of rotatable bonds is 4. The normalized spacial score (nSPS) is 27.4. The first kappa shape index (κ1) is 18.5. The largest absolute Gasteiger partial charge is 0.478 e. The highest BCUT2D eigenvalue weighted by atomic mass is 16.4. The van der Waals surface area contributed by atoms with Crippen LogP contribution in [-0.2, 0) is 11.3 Å². The lowest BCUT2D eigenvalue weighted by Crippen LogP contribution is -2.54. The summed E-state index contributed by atoms with van der Waals surface area (Å²) in [5.74, 6) is -0.508. The summed E-state index contributed by atoms with van der Waals surface area (Å²) in [7, 11) is 0. The molecule has 1 atom stereocenters. The molecule has 0 bridgehead atoms. The third-order valence-electron chi connectivity index (χ3n) is 6.86. The van der Waals surface area contributed by atoms with E-state index in [4.69, 9.17) is 0 Å². The molecular weight excluding hydrogens is 340 g/mol. The van der Waals surface area contributed by atoms with Crippen molar-refractivity contribution >= 4 is 11.9 Å². The Balaban J connectivity index is 1.46. The van der Waals surface area contributed by atoms with Crippen LogP contribution in [0, 0.1) is 5.41 Å². The summed E-state index contributed by atoms with van der Waals surface area (Å²) in [6, 6.07) is 7.67. The van der Waals surface area contributed by atoms with Crippen LogP contribution < -0.4 is 0 Å². The molecule has 146 valence electrons. The molecular formula is C22H30N2O3. The number of hydrogen-bond acceptors (Lipinski definition) is 3. The van der Waals surface area contributed by atoms with E-state index in [-0.39, 0.29) is 5.41 Å². The molecule has 1 saturated carbocycles. The maximum absolute atomic E-state index is 13.4. The molecule has 2 heterocycles. The molecule has 3 aliphatic rings. The molecule has 4 rings (SSSR count). The number of piperidine rings is 1. The van der Waals surface area contributed by atoms with Crippen LogP contribution in [0.4, 0.5) is 0 Å². The van der Waals surface area contributed by atoms with Crippen molar-refractivity contribution in [2.45, 2.75) is 64.0 Å². The zero-order valence-corrected chi connectivity index (χ0v) is 16.0. The topological polar surface area (TPSA) is 60.9 Å². The summed E-state index contributed by atoms with van der Waals surface area (Å²) in [6.45, 7) is 3.18. The van der Waals surface area contributed by atoms with Gasteiger partial charge in [0, 0.05) is 25.7 Å². The molecule has 1 aliphatic carbocycles. The summed E-state index contributed by atoms with van der Waals surface area (Å²) in [5.41, 5.74) is 0.972. The van der Waals surface area contributed by atoms with Gasteiger partial charge in [-0.25, -0.2) is 4.79 Å². The number of carboxylic acids is 1. The van der Waals surface area contributed by atoms with E-state index in [1.807, 2.05) is 12.1 Å². The molecule has 2 saturated heterocycles. The van der Waals surface area contributed by atoms with E-state index in [0.717, 1.165) is 57.3 Å². The zero-order valence-electron chi connectivity index (χ0n) is 16.0. The van der Waals surface area contributed by atoms with Crippen LogP contribution in [0.1, 0.15) is 67.3 Å². The minimum atomic E-state index is -0.878. The Morgan fingerprint density at radius 3 is 2.63 bits per heavy atom. The van der Waals surface area contributed by atoms with Crippen LogP contribution in [0.15, 0.2) is 24.3 Å². The lowest BCUT2D eigenvalue weighted by molar-refractivity contribution is -0.149. The summed E-state index contributed by atoms with van der Waals surface area (Å²) < 4.78 is 0. The Morgan fingerprint density at radius 2 is 1.85 bits per heavy atom. The van der Waals surface area contributed by atoms with Gasteiger partial charge in [-0.15, -0.1) is 0 Å². The SMILES string of the molecule is O=C(O)c1ccccc1CN1CC[C@@]2(CCCN(C3CCCCC3)C2=O)C1. The molecule has 3 fully saturated rings. The maximum Gasteiger partial charge on any atom is 0.336 e. The molecule has 5 nitrogen and oxygen atoms in total. The second kappa shape index (κ2) is 7.63. The van der Waals surface area contributed by atoms with Gasteiger partial charge in [-0.05, 0) is 50.3 Å². The van der Waals surface area contributed by atoms with Crippen molar-refractivity contribution in [3.8, 4) is 0 Å². The molecule has 27 heavy (non-hydrogen) atoms. The Bertz CT molecular complexity index is 713. The van der Waals surface area contributed by atoms with Crippen molar-refractivity contribution in [3.05, 3.63) is 35.4 Å². The predicted octanol–water partition coefficient (Wildman–Crippen LogP) is 3.53. The average molecular weight is 370 g/mol. The van der Waals surface area contributed by atoms with E-state index < -0.39 is 5.97 Å². The molecule has 0 radical (unpaired) electrons. The number of aromatic carboxylic acids is 1. The van der Waals surface area contributed by atoms with Gasteiger partial charge in [0.1, 0.15) is 0 Å². The van der Waals surface area contributed by atoms with E-state index in [0.29, 0.717) is 24.1 Å². The smallest absolute Gasteiger partial charge is 0.336 e. The van der Waals surface area contributed by atoms with E-state index in [2.05, 4.69) is 9.80 Å². The van der Waals surface area contributed by atoms with Crippen LogP contribution in [-0.4, -0.2) is 52.5 Å². The van der Waals surface area contributed by atoms with Gasteiger partial charge in [0.2, 0.25) is 5.91 Å². The van der Waals surface area contributed by atoms with Crippen molar-refractivity contribution in [2.75, 3.05) is 19.6 Å². The highest BCUT2D eigenvalue weighted by Gasteiger charge is 2.49. The molecule has 1 aromatic rings. The van der Waals surface area contributed by atoms with Gasteiger partial charge in [-0.1, -0.05) is 37.5 Å². The van der Waals surface area contributed by atoms with Crippen LogP contribution >= 0.6 is 0 Å². The van der Waals surface area contributed by atoms with Gasteiger partial charge in [0.15, 0.2) is 0 Å². The monoisotopic (exact) mass is 370 g/mol. The Labute approximate surface area is 161 Å². The second-order valence-corrected chi connectivity index (χ2v) is 8.60. The molecule has 0 unspecified atom stereocenters. The van der Waals surface area contributed by atoms with Gasteiger partial charge >= 0.3 is 5.97 Å². The average Bonchev–Trinajstić information content (AvgIpc) is 3.08. The number of carbonyl (C=O) groups is 2. The number of benzene rings is 1. The summed E-state index contributed by atoms with van der Waals surface area (Å²) in [6.07, 6.45) is 9.12. The van der Waals surface area contributed by atoms with Gasteiger partial charge in [0.05, 0.1) is 11.0 Å². The number of carboxylic acid groups (broad SMARTS) is 1. The first-order chi connectivity index (χ1) is 13.1. The fraction of sp³-hybridized carbons (Fsp3) is 0.636. The second-order valence-electron chi connectivity index (χ2n) is 8.60. The first-order valence-electron chi connectivity index (χ1n) is 10.4. The molecule has 5 heteroatoms. The standard InChI is InChI=1S/C22H30N2O3/c25-20(26)19-10-5-4-7-17(19)15-23-14-12-22(16-23)11-6-13-24(21(22)27)18-8-2-1-3-9-18/h4-5,7,10,18H,1-3,6,8-9,11-16H2,(H,25,26)/t22-/m0/s1. The summed E-state index contributed by atoms with van der Waals surface area (Å²) in [5, 5.41) is 9.42. The minimum absolute atomic E-state index is 0.242. The number of nitrogens with zero attached hydrogens (tertiary/aromatic N) is 2. The van der Waals surface area contributed by atoms with Gasteiger partial charge < -0.3 is 10.0 Å². The van der Waals surface area contributed by atoms with Crippen molar-refractivity contribution < 1.29 is 14.7 Å². The highest BCUT2D eigenvalue weighted by Crippen LogP contribution is 2.42. The van der Waals surface area contributed by atoms with Gasteiger partial charge in [0.25, 0.3) is 0 Å². The zero-order chi connectivity index (χ0) is 18.9. The fourth-order valence-corrected chi connectivity index (χ4v) is 5.42. The minimum Gasteiger partial charge on any atom is -0.478 e. The fourth-order valence-electron chi connectivity index (χ4n) is 5.42. The quantitative estimate of drug-likeness (QED) is 0.881. The van der Waals surface area contributed by atoms with Gasteiger partial charge in [-0.3, -0.25) is 9.69 Å². The van der Waals surface area contributed by atoms with Crippen LogP contribution in [0.5, 0.6) is 0 Å². The van der Waals surface area contributed by atoms with E-state index in [1.165, 1.54) is 19.3 Å². The molecule has 1 aromatic carbocycles. The highest BCUT2D eigenvalue weighted by molar-refractivity contribution is 5.89. The van der Waals surface area contributed by atoms with Crippen LogP contribution in [0.3, 0.4) is 0 Å². The lowest BCUT2D eigenvalue weighted by Gasteiger charge is -2.44. The third kappa shape index (κ3) is 3.62. The van der Waals surface area contributed by atoms with E-state index in [9.17, 15) is 14.7 Å². The Hall–Kier alpha value is -1.88. The maximum atomic E-state index is 13.4. The molecule has 1 N–H and O–H groups in total. The summed E-state index contributed by atoms with van der Waals surface area (Å²) in [4.78, 5) is 29.4. The number of hydrogen-bond donors (Lipinski definition) is 1. The van der Waals surface area contributed by atoms with Crippen LogP contribution in [0.2, 0.25) is 0 Å². The molecule has 2 aliphatic heterocycles. The van der Waals surface area contributed by atoms with E-state index >= 15 is 0 Å². The molecule has 1 amide bonds. The molecule has 0 aromatic heterocycles. The predicted molar refractivity (Wildman–Crippen MR) is 104 cm³/mol.